The number of aryl methyl sites for hydroxylation is 3. The first kappa shape index (κ1) is 33.6. The summed E-state index contributed by atoms with van der Waals surface area (Å²) in [5.41, 5.74) is 15.8. The third-order valence-electron chi connectivity index (χ3n) is 5.59. The molecule has 0 aliphatic heterocycles. The SMILES string of the molecule is Cc1ccc(CC(=N)C(=O)O)cc1.Cc1ccc(CC(N)(F)C(=O)O)cc1.Cc1ccc(CC(N)C(=O)O)cc1. The normalized spacial score (nSPS) is 12.3. The van der Waals surface area contributed by atoms with E-state index in [-0.39, 0.29) is 18.6 Å². The number of benzene rings is 3. The number of halogens is 1. The Labute approximate surface area is 232 Å². The first-order valence-electron chi connectivity index (χ1n) is 12.3. The second kappa shape index (κ2) is 15.9. The Morgan fingerprint density at radius 3 is 1.50 bits per heavy atom. The van der Waals surface area contributed by atoms with Crippen LogP contribution in [0.4, 0.5) is 4.39 Å². The molecule has 0 aromatic heterocycles. The molecule has 0 bridgehead atoms. The van der Waals surface area contributed by atoms with Crippen LogP contribution in [0.2, 0.25) is 0 Å². The highest BCUT2D eigenvalue weighted by Gasteiger charge is 2.33. The number of nitrogens with one attached hydrogen (secondary N) is 1. The highest BCUT2D eigenvalue weighted by atomic mass is 19.1. The number of carbonyl (C=O) groups is 3. The van der Waals surface area contributed by atoms with Crippen molar-refractivity contribution < 1.29 is 34.1 Å². The first-order valence-corrected chi connectivity index (χ1v) is 12.3. The molecule has 2 unspecified atom stereocenters. The molecule has 3 aromatic rings. The summed E-state index contributed by atoms with van der Waals surface area (Å²) in [5.74, 6) is -6.44. The van der Waals surface area contributed by atoms with E-state index >= 15 is 0 Å². The van der Waals surface area contributed by atoms with E-state index in [1.807, 2.05) is 69.3 Å². The van der Waals surface area contributed by atoms with Gasteiger partial charge in [-0.1, -0.05) is 89.5 Å². The summed E-state index contributed by atoms with van der Waals surface area (Å²) in [6.45, 7) is 5.85. The van der Waals surface area contributed by atoms with Crippen molar-refractivity contribution in [3.63, 3.8) is 0 Å². The lowest BCUT2D eigenvalue weighted by Crippen LogP contribution is -2.45. The number of aliphatic carboxylic acids is 3. The molecule has 0 aliphatic rings. The van der Waals surface area contributed by atoms with Crippen LogP contribution in [0.3, 0.4) is 0 Å². The van der Waals surface area contributed by atoms with Crippen LogP contribution in [-0.2, 0) is 33.6 Å². The van der Waals surface area contributed by atoms with E-state index in [0.717, 1.165) is 27.8 Å². The number of hydrogen-bond donors (Lipinski definition) is 6. The number of nitrogens with two attached hydrogens (primary N) is 2. The summed E-state index contributed by atoms with van der Waals surface area (Å²) < 4.78 is 13.2. The number of carboxylic acid groups (broad SMARTS) is 3. The Morgan fingerprint density at radius 1 is 0.775 bits per heavy atom. The van der Waals surface area contributed by atoms with Crippen LogP contribution in [0, 0.1) is 26.2 Å². The summed E-state index contributed by atoms with van der Waals surface area (Å²) in [7, 11) is 0. The molecule has 0 radical (unpaired) electrons. The van der Waals surface area contributed by atoms with E-state index in [1.165, 1.54) is 0 Å². The molecule has 9 nitrogen and oxygen atoms in total. The number of rotatable bonds is 9. The lowest BCUT2D eigenvalue weighted by atomic mass is 10.0. The van der Waals surface area contributed by atoms with Crippen molar-refractivity contribution in [2.24, 2.45) is 11.5 Å². The Morgan fingerprint density at radius 2 is 1.15 bits per heavy atom. The molecule has 0 saturated carbocycles. The van der Waals surface area contributed by atoms with E-state index < -0.39 is 29.7 Å². The van der Waals surface area contributed by atoms with Crippen molar-refractivity contribution in [1.82, 2.24) is 0 Å². The molecule has 0 aliphatic carbocycles. The predicted octanol–water partition coefficient (Wildman–Crippen LogP) is 3.84. The van der Waals surface area contributed by atoms with Gasteiger partial charge >= 0.3 is 17.9 Å². The van der Waals surface area contributed by atoms with Gasteiger partial charge in [-0.2, -0.15) is 0 Å². The minimum atomic E-state index is -2.69. The molecule has 214 valence electrons. The van der Waals surface area contributed by atoms with Gasteiger partial charge in [-0.15, -0.1) is 0 Å². The molecule has 0 heterocycles. The van der Waals surface area contributed by atoms with Gasteiger partial charge in [0.05, 0.1) is 0 Å². The van der Waals surface area contributed by atoms with Crippen molar-refractivity contribution >= 4 is 23.6 Å². The second-order valence-corrected chi connectivity index (χ2v) is 9.41. The molecule has 0 spiro atoms. The standard InChI is InChI=1S/C10H12FNO2.C10H13NO2.C10H11NO2/c1-7-2-4-8(5-3-7)6-10(11,12)9(13)14;2*1-7-2-4-8(5-3-7)6-9(11)10(12)13/h2-5H,6,12H2,1H3,(H,13,14);2-5,9H,6,11H2,1H3,(H,12,13);2-5,11H,6H2,1H3,(H,12,13). The third kappa shape index (κ3) is 12.9. The Bertz CT molecular complexity index is 1270. The van der Waals surface area contributed by atoms with Gasteiger partial charge in [0, 0.05) is 12.8 Å². The Kier molecular flexibility index (Phi) is 13.3. The second-order valence-electron chi connectivity index (χ2n) is 9.41. The van der Waals surface area contributed by atoms with Gasteiger partial charge < -0.3 is 21.1 Å². The topological polar surface area (TPSA) is 188 Å². The van der Waals surface area contributed by atoms with Crippen LogP contribution < -0.4 is 11.5 Å². The van der Waals surface area contributed by atoms with Crippen LogP contribution in [0.25, 0.3) is 0 Å². The molecule has 8 N–H and O–H groups in total. The predicted molar refractivity (Wildman–Crippen MR) is 151 cm³/mol. The summed E-state index contributed by atoms with van der Waals surface area (Å²) in [6, 6.07) is 21.3. The van der Waals surface area contributed by atoms with Crippen LogP contribution in [0.5, 0.6) is 0 Å². The fourth-order valence-corrected chi connectivity index (χ4v) is 3.13. The van der Waals surface area contributed by atoms with Gasteiger partial charge in [0.15, 0.2) is 0 Å². The van der Waals surface area contributed by atoms with Gasteiger partial charge in [-0.05, 0) is 43.9 Å². The zero-order chi connectivity index (χ0) is 30.5. The average Bonchev–Trinajstić information content (AvgIpc) is 2.88. The fraction of sp³-hybridized carbons (Fsp3) is 0.267. The first-order chi connectivity index (χ1) is 18.6. The molecule has 3 aromatic carbocycles. The van der Waals surface area contributed by atoms with Gasteiger partial charge in [-0.3, -0.25) is 15.9 Å². The maximum atomic E-state index is 13.2. The molecule has 3 rings (SSSR count). The lowest BCUT2D eigenvalue weighted by molar-refractivity contribution is -0.150. The maximum Gasteiger partial charge on any atom is 0.356 e. The summed E-state index contributed by atoms with van der Waals surface area (Å²) in [4.78, 5) is 31.2. The van der Waals surface area contributed by atoms with Crippen molar-refractivity contribution in [2.45, 2.75) is 51.9 Å². The minimum absolute atomic E-state index is 0.190. The van der Waals surface area contributed by atoms with Gasteiger partial charge in [0.2, 0.25) is 0 Å². The van der Waals surface area contributed by atoms with Gasteiger partial charge in [0.25, 0.3) is 5.79 Å². The minimum Gasteiger partial charge on any atom is -0.480 e. The highest BCUT2D eigenvalue weighted by Crippen LogP contribution is 2.13. The van der Waals surface area contributed by atoms with Crippen LogP contribution >= 0.6 is 0 Å². The Hall–Kier alpha value is -4.41. The Balaban J connectivity index is 0.000000300. The lowest BCUT2D eigenvalue weighted by Gasteiger charge is -2.14. The summed E-state index contributed by atoms with van der Waals surface area (Å²) in [6.07, 6.45) is 0.258. The van der Waals surface area contributed by atoms with Crippen molar-refractivity contribution in [3.05, 3.63) is 106 Å². The highest BCUT2D eigenvalue weighted by molar-refractivity contribution is 6.34. The zero-order valence-corrected chi connectivity index (χ0v) is 22.7. The summed E-state index contributed by atoms with van der Waals surface area (Å²) in [5, 5.41) is 32.6. The third-order valence-corrected chi connectivity index (χ3v) is 5.59. The van der Waals surface area contributed by atoms with Crippen molar-refractivity contribution in [1.29, 1.82) is 5.41 Å². The van der Waals surface area contributed by atoms with E-state index in [0.29, 0.717) is 12.0 Å². The molecular formula is C30H36FN3O6. The quantitative estimate of drug-likeness (QED) is 0.170. The molecular weight excluding hydrogens is 517 g/mol. The van der Waals surface area contributed by atoms with Gasteiger partial charge in [0.1, 0.15) is 11.8 Å². The monoisotopic (exact) mass is 553 g/mol. The fourth-order valence-electron chi connectivity index (χ4n) is 3.13. The summed E-state index contributed by atoms with van der Waals surface area (Å²) >= 11 is 0. The number of carboxylic acids is 3. The van der Waals surface area contributed by atoms with Gasteiger partial charge in [-0.25, -0.2) is 14.0 Å². The maximum absolute atomic E-state index is 13.2. The molecule has 10 heteroatoms. The van der Waals surface area contributed by atoms with E-state index in [9.17, 15) is 18.8 Å². The van der Waals surface area contributed by atoms with Crippen LogP contribution in [0.1, 0.15) is 33.4 Å². The van der Waals surface area contributed by atoms with Crippen LogP contribution in [-0.4, -0.2) is 50.8 Å². The average molecular weight is 554 g/mol. The van der Waals surface area contributed by atoms with E-state index in [1.54, 1.807) is 24.3 Å². The number of alkyl halides is 1. The molecule has 0 fully saturated rings. The van der Waals surface area contributed by atoms with Crippen molar-refractivity contribution in [3.8, 4) is 0 Å². The smallest absolute Gasteiger partial charge is 0.356 e. The molecule has 0 saturated heterocycles. The molecule has 2 atom stereocenters. The van der Waals surface area contributed by atoms with E-state index in [4.69, 9.17) is 32.2 Å². The van der Waals surface area contributed by atoms with E-state index in [2.05, 4.69) is 0 Å². The number of hydrogen-bond acceptors (Lipinski definition) is 6. The molecule has 40 heavy (non-hydrogen) atoms. The van der Waals surface area contributed by atoms with Crippen LogP contribution in [0.15, 0.2) is 72.8 Å². The van der Waals surface area contributed by atoms with Crippen molar-refractivity contribution in [2.75, 3.05) is 0 Å². The zero-order valence-electron chi connectivity index (χ0n) is 22.7. The molecule has 0 amide bonds. The largest absolute Gasteiger partial charge is 0.480 e.